The summed E-state index contributed by atoms with van der Waals surface area (Å²) in [5.74, 6) is 0.00258. The first-order chi connectivity index (χ1) is 10.2. The molecule has 1 fully saturated rings. The zero-order valence-corrected chi connectivity index (χ0v) is 14.7. The first kappa shape index (κ1) is 19.7. The van der Waals surface area contributed by atoms with Gasteiger partial charge in [-0.3, -0.25) is 4.79 Å². The van der Waals surface area contributed by atoms with E-state index in [-0.39, 0.29) is 42.9 Å². The second-order valence-electron chi connectivity index (χ2n) is 5.48. The van der Waals surface area contributed by atoms with Gasteiger partial charge in [0.2, 0.25) is 5.91 Å². The molecule has 0 bridgehead atoms. The largest absolute Gasteiger partial charge is 0.380 e. The van der Waals surface area contributed by atoms with Gasteiger partial charge in [-0.2, -0.15) is 0 Å². The minimum atomic E-state index is -0.172. The van der Waals surface area contributed by atoms with Gasteiger partial charge in [-0.1, -0.05) is 6.07 Å². The molecule has 2 N–H and O–H groups in total. The Bertz CT molecular complexity index is 662. The lowest BCUT2D eigenvalue weighted by Gasteiger charge is -2.10. The zero-order valence-electron chi connectivity index (χ0n) is 13.1. The molecule has 3 heterocycles. The molecule has 1 aliphatic heterocycles. The van der Waals surface area contributed by atoms with Crippen molar-refractivity contribution in [2.75, 3.05) is 13.7 Å². The second kappa shape index (κ2) is 8.49. The highest BCUT2D eigenvalue weighted by Crippen LogP contribution is 2.10. The molecule has 2 aromatic heterocycles. The van der Waals surface area contributed by atoms with Crippen LogP contribution in [0.4, 0.5) is 0 Å². The fourth-order valence-corrected chi connectivity index (χ4v) is 2.62. The number of imidazole rings is 1. The van der Waals surface area contributed by atoms with E-state index >= 15 is 0 Å². The summed E-state index contributed by atoms with van der Waals surface area (Å²) in [4.78, 5) is 16.6. The molecule has 2 atom stereocenters. The third-order valence-electron chi connectivity index (χ3n) is 3.83. The highest BCUT2D eigenvalue weighted by atomic mass is 35.5. The summed E-state index contributed by atoms with van der Waals surface area (Å²) in [6.45, 7) is 3.20. The molecule has 0 saturated carbocycles. The number of amides is 1. The van der Waals surface area contributed by atoms with Crippen molar-refractivity contribution >= 4 is 36.4 Å². The maximum absolute atomic E-state index is 12.1. The normalized spacial score (nSPS) is 19.9. The standard InChI is InChI=1S/C15H20N4O2.2ClH/c1-10-3-4-14-18-11(9-19(14)8-10)6-17-15(20)13-5-12(21-2)7-16-13;;/h3-4,8-9,12-13,16H,5-7H2,1-2H3,(H,17,20);2*1H/t12-,13-;;/m0../s1. The maximum Gasteiger partial charge on any atom is 0.237 e. The number of pyridine rings is 1. The van der Waals surface area contributed by atoms with Gasteiger partial charge in [0.15, 0.2) is 0 Å². The first-order valence-electron chi connectivity index (χ1n) is 7.14. The van der Waals surface area contributed by atoms with Crippen LogP contribution in [0.2, 0.25) is 0 Å². The predicted octanol–water partition coefficient (Wildman–Crippen LogP) is 1.48. The van der Waals surface area contributed by atoms with Gasteiger partial charge in [0.1, 0.15) is 5.65 Å². The molecule has 1 saturated heterocycles. The lowest BCUT2D eigenvalue weighted by molar-refractivity contribution is -0.123. The summed E-state index contributed by atoms with van der Waals surface area (Å²) in [5, 5.41) is 6.09. The van der Waals surface area contributed by atoms with Gasteiger partial charge < -0.3 is 19.8 Å². The van der Waals surface area contributed by atoms with Gasteiger partial charge in [-0.05, 0) is 25.0 Å². The molecule has 1 amide bonds. The molecule has 0 spiro atoms. The van der Waals surface area contributed by atoms with Crippen LogP contribution in [-0.4, -0.2) is 41.1 Å². The van der Waals surface area contributed by atoms with Crippen LogP contribution >= 0.6 is 24.8 Å². The third-order valence-corrected chi connectivity index (χ3v) is 3.83. The maximum atomic E-state index is 12.1. The molecule has 2 aromatic rings. The van der Waals surface area contributed by atoms with Crippen LogP contribution in [-0.2, 0) is 16.1 Å². The van der Waals surface area contributed by atoms with Crippen LogP contribution in [0.15, 0.2) is 24.5 Å². The number of rotatable bonds is 4. The summed E-state index contributed by atoms with van der Waals surface area (Å²) in [6, 6.07) is 3.83. The number of fused-ring (bicyclic) bond motifs is 1. The summed E-state index contributed by atoms with van der Waals surface area (Å²) >= 11 is 0. The molecule has 23 heavy (non-hydrogen) atoms. The number of halogens is 2. The Kier molecular flexibility index (Phi) is 7.28. The van der Waals surface area contributed by atoms with Gasteiger partial charge in [0, 0.05) is 26.0 Å². The highest BCUT2D eigenvalue weighted by molar-refractivity contribution is 5.85. The molecule has 0 aromatic carbocycles. The lowest BCUT2D eigenvalue weighted by Crippen LogP contribution is -2.40. The van der Waals surface area contributed by atoms with E-state index in [1.165, 1.54) is 5.56 Å². The summed E-state index contributed by atoms with van der Waals surface area (Å²) < 4.78 is 7.22. The number of nitrogens with one attached hydrogen (secondary N) is 2. The van der Waals surface area contributed by atoms with Crippen LogP contribution < -0.4 is 10.6 Å². The molecule has 1 aliphatic rings. The van der Waals surface area contributed by atoms with Gasteiger partial charge >= 0.3 is 0 Å². The minimum Gasteiger partial charge on any atom is -0.380 e. The third kappa shape index (κ3) is 4.57. The van der Waals surface area contributed by atoms with Crippen molar-refractivity contribution in [3.05, 3.63) is 35.8 Å². The van der Waals surface area contributed by atoms with Crippen LogP contribution in [0.5, 0.6) is 0 Å². The Balaban J connectivity index is 0.00000132. The van der Waals surface area contributed by atoms with E-state index in [1.54, 1.807) is 7.11 Å². The van der Waals surface area contributed by atoms with E-state index in [0.29, 0.717) is 13.0 Å². The van der Waals surface area contributed by atoms with Gasteiger partial charge in [-0.15, -0.1) is 24.8 Å². The monoisotopic (exact) mass is 360 g/mol. The molecule has 8 heteroatoms. The number of ether oxygens (including phenoxy) is 1. The fourth-order valence-electron chi connectivity index (χ4n) is 2.62. The average molecular weight is 361 g/mol. The quantitative estimate of drug-likeness (QED) is 0.866. The Morgan fingerprint density at radius 3 is 2.91 bits per heavy atom. The number of methoxy groups -OCH3 is 1. The minimum absolute atomic E-state index is 0. The summed E-state index contributed by atoms with van der Waals surface area (Å²) in [7, 11) is 1.67. The Morgan fingerprint density at radius 1 is 1.43 bits per heavy atom. The topological polar surface area (TPSA) is 67.7 Å². The van der Waals surface area contributed by atoms with Crippen LogP contribution in [0.25, 0.3) is 5.65 Å². The first-order valence-corrected chi connectivity index (χ1v) is 7.14. The average Bonchev–Trinajstić information content (AvgIpc) is 3.10. The molecular formula is C15H22Cl2N4O2. The number of carbonyl (C=O) groups excluding carboxylic acids is 1. The highest BCUT2D eigenvalue weighted by Gasteiger charge is 2.29. The number of hydrogen-bond donors (Lipinski definition) is 2. The van der Waals surface area contributed by atoms with Crippen molar-refractivity contribution in [3.8, 4) is 0 Å². The van der Waals surface area contributed by atoms with Gasteiger partial charge in [-0.25, -0.2) is 4.98 Å². The van der Waals surface area contributed by atoms with E-state index < -0.39 is 0 Å². The van der Waals surface area contributed by atoms with Crippen LogP contribution in [0.3, 0.4) is 0 Å². The van der Waals surface area contributed by atoms with E-state index in [1.807, 2.05) is 35.9 Å². The summed E-state index contributed by atoms with van der Waals surface area (Å²) in [5.41, 5.74) is 2.93. The zero-order chi connectivity index (χ0) is 14.8. The molecular weight excluding hydrogens is 339 g/mol. The molecule has 6 nitrogen and oxygen atoms in total. The van der Waals surface area contributed by atoms with Crippen molar-refractivity contribution in [1.82, 2.24) is 20.0 Å². The number of aromatic nitrogens is 2. The van der Waals surface area contributed by atoms with Gasteiger partial charge in [0.05, 0.1) is 24.4 Å². The Hall–Kier alpha value is -1.34. The van der Waals surface area contributed by atoms with Crippen LogP contribution in [0.1, 0.15) is 17.7 Å². The van der Waals surface area contributed by atoms with E-state index in [2.05, 4.69) is 15.6 Å². The number of nitrogens with zero attached hydrogens (tertiary/aromatic N) is 2. The summed E-state index contributed by atoms with van der Waals surface area (Å²) in [6.07, 6.45) is 4.81. The van der Waals surface area contributed by atoms with Crippen molar-refractivity contribution in [3.63, 3.8) is 0 Å². The lowest BCUT2D eigenvalue weighted by atomic mass is 10.2. The number of aryl methyl sites for hydroxylation is 1. The fraction of sp³-hybridized carbons (Fsp3) is 0.467. The molecule has 0 aliphatic carbocycles. The van der Waals surface area contributed by atoms with Crippen LogP contribution in [0, 0.1) is 6.92 Å². The van der Waals surface area contributed by atoms with Gasteiger partial charge in [0.25, 0.3) is 0 Å². The molecule has 0 radical (unpaired) electrons. The smallest absolute Gasteiger partial charge is 0.237 e. The van der Waals surface area contributed by atoms with Crippen molar-refractivity contribution in [1.29, 1.82) is 0 Å². The van der Waals surface area contributed by atoms with Crippen molar-refractivity contribution < 1.29 is 9.53 Å². The Morgan fingerprint density at radius 2 is 2.22 bits per heavy atom. The SMILES string of the molecule is CO[C@@H]1CN[C@H](C(=O)NCc2cn3cc(C)ccc3n2)C1.Cl.Cl. The molecule has 128 valence electrons. The van der Waals surface area contributed by atoms with E-state index in [4.69, 9.17) is 4.74 Å². The molecule has 0 unspecified atom stereocenters. The Labute approximate surface area is 147 Å². The second-order valence-corrected chi connectivity index (χ2v) is 5.48. The molecule has 3 rings (SSSR count). The van der Waals surface area contributed by atoms with Crippen molar-refractivity contribution in [2.24, 2.45) is 0 Å². The number of carbonyl (C=O) groups is 1. The number of hydrogen-bond acceptors (Lipinski definition) is 4. The predicted molar refractivity (Wildman–Crippen MR) is 93.5 cm³/mol. The van der Waals surface area contributed by atoms with Crippen molar-refractivity contribution in [2.45, 2.75) is 32.0 Å². The van der Waals surface area contributed by atoms with E-state index in [9.17, 15) is 4.79 Å². The van der Waals surface area contributed by atoms with E-state index in [0.717, 1.165) is 17.9 Å².